The molecule has 1 N–H and O–H groups in total. The summed E-state index contributed by atoms with van der Waals surface area (Å²) in [7, 11) is -3.70. The lowest BCUT2D eigenvalue weighted by Crippen LogP contribution is -2.48. The third-order valence-electron chi connectivity index (χ3n) is 5.66. The predicted molar refractivity (Wildman–Crippen MR) is 152 cm³/mol. The van der Waals surface area contributed by atoms with E-state index in [1.165, 1.54) is 17.0 Å². The quantitative estimate of drug-likeness (QED) is 0.274. The summed E-state index contributed by atoms with van der Waals surface area (Å²) in [4.78, 5) is 27.6. The number of carbonyl (C=O) groups is 2. The lowest BCUT2D eigenvalue weighted by Gasteiger charge is -2.29. The third-order valence-corrected chi connectivity index (χ3v) is 8.14. The minimum Gasteiger partial charge on any atom is -0.354 e. The SMILES string of the molecule is CCCCNC(=O)[C@@H](C)N(Cc1ccc(Cl)c(Cl)c1)C(=O)CCCN(c1cc(Cl)ccc1Cl)S(C)(=O)=O. The zero-order chi connectivity index (χ0) is 27.8. The first-order chi connectivity index (χ1) is 17.3. The van der Waals surface area contributed by atoms with Gasteiger partial charge in [0.25, 0.3) is 0 Å². The minimum absolute atomic E-state index is 0.00188. The van der Waals surface area contributed by atoms with Gasteiger partial charge in [-0.2, -0.15) is 0 Å². The standard InChI is InChI=1S/C25H31Cl4N3O4S/c1-4-5-12-30-25(34)17(2)31(16-18-8-10-20(27)22(29)14-18)24(33)7-6-13-32(37(3,35)36)23-15-19(26)9-11-21(23)28/h8-11,14-15,17H,4-7,12-13,16H2,1-3H3,(H,30,34)/t17-/m1/s1. The van der Waals surface area contributed by atoms with Gasteiger partial charge < -0.3 is 10.2 Å². The molecule has 7 nitrogen and oxygen atoms in total. The Morgan fingerprint density at radius 2 is 1.65 bits per heavy atom. The summed E-state index contributed by atoms with van der Waals surface area (Å²) in [6.07, 6.45) is 3.00. The van der Waals surface area contributed by atoms with Crippen molar-refractivity contribution in [2.75, 3.05) is 23.7 Å². The van der Waals surface area contributed by atoms with E-state index in [0.29, 0.717) is 27.2 Å². The highest BCUT2D eigenvalue weighted by atomic mass is 35.5. The fourth-order valence-electron chi connectivity index (χ4n) is 3.61. The Labute approximate surface area is 239 Å². The monoisotopic (exact) mass is 609 g/mol. The number of anilines is 1. The van der Waals surface area contributed by atoms with Gasteiger partial charge in [-0.05, 0) is 55.7 Å². The highest BCUT2D eigenvalue weighted by Gasteiger charge is 2.27. The van der Waals surface area contributed by atoms with Crippen molar-refractivity contribution >= 4 is 73.9 Å². The summed E-state index contributed by atoms with van der Waals surface area (Å²) in [5.74, 6) is -0.583. The van der Waals surface area contributed by atoms with E-state index in [4.69, 9.17) is 46.4 Å². The molecular formula is C25H31Cl4N3O4S. The number of hydrogen-bond donors (Lipinski definition) is 1. The van der Waals surface area contributed by atoms with Crippen LogP contribution >= 0.6 is 46.4 Å². The number of sulfonamides is 1. The molecule has 0 bridgehead atoms. The normalized spacial score (nSPS) is 12.2. The Bertz CT molecular complexity index is 1210. The number of carbonyl (C=O) groups excluding carboxylic acids is 2. The number of unbranched alkanes of at least 4 members (excludes halogenated alkanes) is 1. The summed E-state index contributed by atoms with van der Waals surface area (Å²) >= 11 is 24.4. The van der Waals surface area contributed by atoms with Crippen molar-refractivity contribution in [3.63, 3.8) is 0 Å². The Balaban J connectivity index is 2.21. The maximum atomic E-state index is 13.3. The van der Waals surface area contributed by atoms with E-state index in [0.717, 1.165) is 23.4 Å². The van der Waals surface area contributed by atoms with E-state index in [2.05, 4.69) is 5.32 Å². The van der Waals surface area contributed by atoms with Gasteiger partial charge in [0, 0.05) is 31.1 Å². The number of rotatable bonds is 13. The second kappa shape index (κ2) is 14.4. The van der Waals surface area contributed by atoms with E-state index >= 15 is 0 Å². The van der Waals surface area contributed by atoms with Gasteiger partial charge in [0.05, 0.1) is 27.0 Å². The van der Waals surface area contributed by atoms with Gasteiger partial charge in [-0.15, -0.1) is 0 Å². The molecule has 0 aromatic heterocycles. The molecule has 0 aliphatic heterocycles. The second-order valence-electron chi connectivity index (χ2n) is 8.63. The zero-order valence-electron chi connectivity index (χ0n) is 20.9. The fraction of sp³-hybridized carbons (Fsp3) is 0.440. The molecule has 12 heteroatoms. The van der Waals surface area contributed by atoms with E-state index in [1.807, 2.05) is 6.92 Å². The lowest BCUT2D eigenvalue weighted by molar-refractivity contribution is -0.140. The molecule has 204 valence electrons. The highest BCUT2D eigenvalue weighted by Crippen LogP contribution is 2.31. The molecule has 2 amide bonds. The predicted octanol–water partition coefficient (Wildman–Crippen LogP) is 6.18. The molecule has 0 aliphatic carbocycles. The number of nitrogens with zero attached hydrogens (tertiary/aromatic N) is 2. The van der Waals surface area contributed by atoms with Crippen LogP contribution in [0.5, 0.6) is 0 Å². The Morgan fingerprint density at radius 3 is 2.27 bits per heavy atom. The average Bonchev–Trinajstić information content (AvgIpc) is 2.83. The van der Waals surface area contributed by atoms with E-state index in [9.17, 15) is 18.0 Å². The Kier molecular flexibility index (Phi) is 12.3. The first-order valence-electron chi connectivity index (χ1n) is 11.8. The summed E-state index contributed by atoms with van der Waals surface area (Å²) in [6.45, 7) is 4.33. The second-order valence-corrected chi connectivity index (χ2v) is 12.2. The largest absolute Gasteiger partial charge is 0.354 e. The fourth-order valence-corrected chi connectivity index (χ4v) is 5.34. The summed E-state index contributed by atoms with van der Waals surface area (Å²) in [5, 5.41) is 4.14. The first-order valence-corrected chi connectivity index (χ1v) is 15.1. The van der Waals surface area contributed by atoms with Gasteiger partial charge in [-0.1, -0.05) is 65.8 Å². The van der Waals surface area contributed by atoms with Crippen molar-refractivity contribution in [3.05, 3.63) is 62.1 Å². The molecule has 2 aromatic rings. The number of hydrogen-bond acceptors (Lipinski definition) is 4. The maximum Gasteiger partial charge on any atom is 0.242 e. The molecular weight excluding hydrogens is 580 g/mol. The topological polar surface area (TPSA) is 86.8 Å². The Morgan fingerprint density at radius 1 is 0.973 bits per heavy atom. The first kappa shape index (κ1) is 31.5. The van der Waals surface area contributed by atoms with Crippen molar-refractivity contribution < 1.29 is 18.0 Å². The summed E-state index contributed by atoms with van der Waals surface area (Å²) < 4.78 is 26.1. The van der Waals surface area contributed by atoms with Crippen LogP contribution in [0.1, 0.15) is 45.1 Å². The van der Waals surface area contributed by atoms with E-state index < -0.39 is 16.1 Å². The molecule has 37 heavy (non-hydrogen) atoms. The van der Waals surface area contributed by atoms with Crippen LogP contribution in [0, 0.1) is 0 Å². The van der Waals surface area contributed by atoms with Gasteiger partial charge in [0.1, 0.15) is 6.04 Å². The molecule has 0 saturated heterocycles. The summed E-state index contributed by atoms with van der Waals surface area (Å²) in [6, 6.07) is 8.80. The van der Waals surface area contributed by atoms with Crippen molar-refractivity contribution in [1.82, 2.24) is 10.2 Å². The highest BCUT2D eigenvalue weighted by molar-refractivity contribution is 7.92. The molecule has 0 saturated carbocycles. The van der Waals surface area contributed by atoms with Crippen LogP contribution in [0.4, 0.5) is 5.69 Å². The molecule has 2 aromatic carbocycles. The van der Waals surface area contributed by atoms with E-state index in [1.54, 1.807) is 31.2 Å². The molecule has 0 radical (unpaired) electrons. The van der Waals surface area contributed by atoms with Crippen LogP contribution < -0.4 is 9.62 Å². The van der Waals surface area contributed by atoms with Crippen molar-refractivity contribution in [2.24, 2.45) is 0 Å². The van der Waals surface area contributed by atoms with E-state index in [-0.39, 0.29) is 48.5 Å². The van der Waals surface area contributed by atoms with Crippen molar-refractivity contribution in [3.8, 4) is 0 Å². The lowest BCUT2D eigenvalue weighted by atomic mass is 10.1. The molecule has 0 aliphatic rings. The van der Waals surface area contributed by atoms with Crippen LogP contribution in [0.15, 0.2) is 36.4 Å². The molecule has 0 unspecified atom stereocenters. The third kappa shape index (κ3) is 9.52. The van der Waals surface area contributed by atoms with Crippen molar-refractivity contribution in [1.29, 1.82) is 0 Å². The van der Waals surface area contributed by atoms with Crippen LogP contribution in [0.25, 0.3) is 0 Å². The number of amides is 2. The molecule has 0 heterocycles. The average molecular weight is 611 g/mol. The van der Waals surface area contributed by atoms with Gasteiger partial charge in [0.15, 0.2) is 0 Å². The van der Waals surface area contributed by atoms with Gasteiger partial charge in [-0.25, -0.2) is 8.42 Å². The van der Waals surface area contributed by atoms with Crippen LogP contribution in [0.3, 0.4) is 0 Å². The smallest absolute Gasteiger partial charge is 0.242 e. The number of benzene rings is 2. The molecule has 0 spiro atoms. The maximum absolute atomic E-state index is 13.3. The van der Waals surface area contributed by atoms with Crippen LogP contribution in [-0.2, 0) is 26.2 Å². The number of nitrogens with one attached hydrogen (secondary N) is 1. The van der Waals surface area contributed by atoms with Gasteiger partial charge in [0.2, 0.25) is 21.8 Å². The zero-order valence-corrected chi connectivity index (χ0v) is 24.8. The van der Waals surface area contributed by atoms with Crippen LogP contribution in [-0.4, -0.2) is 50.5 Å². The molecule has 2 rings (SSSR count). The van der Waals surface area contributed by atoms with Crippen LogP contribution in [0.2, 0.25) is 20.1 Å². The molecule has 1 atom stereocenters. The van der Waals surface area contributed by atoms with Gasteiger partial charge >= 0.3 is 0 Å². The summed E-state index contributed by atoms with van der Waals surface area (Å²) in [5.41, 5.74) is 0.944. The Hall–Kier alpha value is -1.71. The minimum atomic E-state index is -3.70. The number of halogens is 4. The van der Waals surface area contributed by atoms with Gasteiger partial charge in [-0.3, -0.25) is 13.9 Å². The van der Waals surface area contributed by atoms with Crippen molar-refractivity contribution in [2.45, 2.75) is 52.1 Å². The molecule has 0 fully saturated rings.